The first-order valence-electron chi connectivity index (χ1n) is 5.24. The van der Waals surface area contributed by atoms with Gasteiger partial charge in [0.05, 0.1) is 5.41 Å². The minimum Gasteiger partial charge on any atom is -0.481 e. The van der Waals surface area contributed by atoms with Gasteiger partial charge in [0.1, 0.15) is 0 Å². The van der Waals surface area contributed by atoms with Gasteiger partial charge in [-0.3, -0.25) is 4.79 Å². The fourth-order valence-corrected chi connectivity index (χ4v) is 1.98. The molecule has 2 heteroatoms. The predicted octanol–water partition coefficient (Wildman–Crippen LogP) is 3.56. The molecule has 0 aromatic heterocycles. The van der Waals surface area contributed by atoms with Crippen LogP contribution in [0.4, 0.5) is 0 Å². The SMILES string of the molecule is CCC(C)(C)C(C)(C(=O)O)C(C)(C)C. The lowest BCUT2D eigenvalue weighted by Crippen LogP contribution is -2.50. The monoisotopic (exact) mass is 200 g/mol. The molecule has 14 heavy (non-hydrogen) atoms. The van der Waals surface area contributed by atoms with Crippen molar-refractivity contribution in [1.82, 2.24) is 0 Å². The molecule has 0 aliphatic rings. The molecular weight excluding hydrogens is 176 g/mol. The molecule has 0 heterocycles. The molecule has 2 nitrogen and oxygen atoms in total. The summed E-state index contributed by atoms with van der Waals surface area (Å²) in [6.07, 6.45) is 0.868. The largest absolute Gasteiger partial charge is 0.481 e. The summed E-state index contributed by atoms with van der Waals surface area (Å²) in [4.78, 5) is 11.5. The van der Waals surface area contributed by atoms with Crippen LogP contribution in [-0.2, 0) is 4.79 Å². The van der Waals surface area contributed by atoms with Crippen molar-refractivity contribution in [3.63, 3.8) is 0 Å². The van der Waals surface area contributed by atoms with E-state index in [-0.39, 0.29) is 10.8 Å². The van der Waals surface area contributed by atoms with Crippen molar-refractivity contribution in [2.45, 2.75) is 54.9 Å². The average Bonchev–Trinajstić information content (AvgIpc) is 2.00. The smallest absolute Gasteiger partial charge is 0.310 e. The topological polar surface area (TPSA) is 37.3 Å². The molecule has 0 bridgehead atoms. The minimum absolute atomic E-state index is 0.197. The van der Waals surface area contributed by atoms with Crippen molar-refractivity contribution in [2.75, 3.05) is 0 Å². The molecule has 0 aromatic rings. The molecule has 0 aliphatic heterocycles. The quantitative estimate of drug-likeness (QED) is 0.756. The van der Waals surface area contributed by atoms with E-state index in [1.54, 1.807) is 0 Å². The lowest BCUT2D eigenvalue weighted by molar-refractivity contribution is -0.167. The zero-order chi connectivity index (χ0) is 11.8. The van der Waals surface area contributed by atoms with Crippen molar-refractivity contribution in [2.24, 2.45) is 16.2 Å². The van der Waals surface area contributed by atoms with Crippen LogP contribution in [0, 0.1) is 16.2 Å². The third-order valence-electron chi connectivity index (χ3n) is 4.17. The Morgan fingerprint density at radius 2 is 1.43 bits per heavy atom. The second-order valence-electron chi connectivity index (χ2n) is 5.92. The Morgan fingerprint density at radius 1 is 1.07 bits per heavy atom. The van der Waals surface area contributed by atoms with Crippen LogP contribution in [0.1, 0.15) is 54.9 Å². The van der Waals surface area contributed by atoms with Crippen LogP contribution in [0.15, 0.2) is 0 Å². The van der Waals surface area contributed by atoms with E-state index in [9.17, 15) is 9.90 Å². The van der Waals surface area contributed by atoms with Crippen LogP contribution in [0.2, 0.25) is 0 Å². The maximum Gasteiger partial charge on any atom is 0.310 e. The number of carboxylic acids is 1. The molecule has 0 aromatic carbocycles. The van der Waals surface area contributed by atoms with Gasteiger partial charge in [-0.15, -0.1) is 0 Å². The summed E-state index contributed by atoms with van der Waals surface area (Å²) in [7, 11) is 0. The highest BCUT2D eigenvalue weighted by atomic mass is 16.4. The number of hydrogen-bond acceptors (Lipinski definition) is 1. The van der Waals surface area contributed by atoms with Crippen molar-refractivity contribution < 1.29 is 9.90 Å². The van der Waals surface area contributed by atoms with E-state index in [2.05, 4.69) is 0 Å². The molecule has 0 spiro atoms. The Morgan fingerprint density at radius 3 is 1.50 bits per heavy atom. The lowest BCUT2D eigenvalue weighted by atomic mass is 9.53. The van der Waals surface area contributed by atoms with Gasteiger partial charge in [-0.2, -0.15) is 0 Å². The third-order valence-corrected chi connectivity index (χ3v) is 4.17. The van der Waals surface area contributed by atoms with E-state index in [4.69, 9.17) is 0 Å². The summed E-state index contributed by atoms with van der Waals surface area (Å²) in [5, 5.41) is 9.43. The minimum atomic E-state index is -0.700. The zero-order valence-corrected chi connectivity index (χ0v) is 10.6. The Balaban J connectivity index is 5.45. The van der Waals surface area contributed by atoms with Crippen LogP contribution in [0.25, 0.3) is 0 Å². The molecule has 1 atom stereocenters. The van der Waals surface area contributed by atoms with Gasteiger partial charge in [0.2, 0.25) is 0 Å². The van der Waals surface area contributed by atoms with Crippen LogP contribution < -0.4 is 0 Å². The Bertz CT molecular complexity index is 223. The Hall–Kier alpha value is -0.530. The highest BCUT2D eigenvalue weighted by Gasteiger charge is 2.53. The maximum atomic E-state index is 11.5. The van der Waals surface area contributed by atoms with E-state index >= 15 is 0 Å². The molecular formula is C12H24O2. The van der Waals surface area contributed by atoms with Crippen LogP contribution >= 0.6 is 0 Å². The molecule has 0 amide bonds. The number of carbonyl (C=O) groups is 1. The molecule has 0 rings (SSSR count). The van der Waals surface area contributed by atoms with E-state index < -0.39 is 11.4 Å². The Labute approximate surface area is 87.7 Å². The molecule has 1 N–H and O–H groups in total. The van der Waals surface area contributed by atoms with Gasteiger partial charge < -0.3 is 5.11 Å². The highest BCUT2D eigenvalue weighted by Crippen LogP contribution is 2.53. The standard InChI is InChI=1S/C12H24O2/c1-8-11(5,6)12(7,9(13)14)10(2,3)4/h8H2,1-7H3,(H,13,14). The van der Waals surface area contributed by atoms with Crippen LogP contribution in [0.5, 0.6) is 0 Å². The molecule has 1 unspecified atom stereocenters. The summed E-state index contributed by atoms with van der Waals surface area (Å²) in [6, 6.07) is 0. The first-order valence-corrected chi connectivity index (χ1v) is 5.24. The van der Waals surface area contributed by atoms with Gasteiger partial charge in [-0.1, -0.05) is 41.5 Å². The van der Waals surface area contributed by atoms with Crippen molar-refractivity contribution in [1.29, 1.82) is 0 Å². The van der Waals surface area contributed by atoms with Gasteiger partial charge in [0, 0.05) is 0 Å². The van der Waals surface area contributed by atoms with Crippen molar-refractivity contribution in [3.05, 3.63) is 0 Å². The van der Waals surface area contributed by atoms with Gasteiger partial charge >= 0.3 is 5.97 Å². The molecule has 0 fully saturated rings. The second-order valence-corrected chi connectivity index (χ2v) is 5.92. The fourth-order valence-electron chi connectivity index (χ4n) is 1.98. The summed E-state index contributed by atoms with van der Waals surface area (Å²) in [6.45, 7) is 14.0. The molecule has 0 saturated heterocycles. The van der Waals surface area contributed by atoms with Crippen LogP contribution in [-0.4, -0.2) is 11.1 Å². The first kappa shape index (κ1) is 13.5. The van der Waals surface area contributed by atoms with E-state index in [1.165, 1.54) is 0 Å². The normalized spacial score (nSPS) is 17.6. The first-order chi connectivity index (χ1) is 6.00. The van der Waals surface area contributed by atoms with Gasteiger partial charge in [0.25, 0.3) is 0 Å². The Kier molecular flexibility index (Phi) is 3.42. The highest BCUT2D eigenvalue weighted by molar-refractivity contribution is 5.76. The lowest BCUT2D eigenvalue weighted by Gasteiger charge is -2.49. The summed E-state index contributed by atoms with van der Waals surface area (Å²) in [5.41, 5.74) is -1.13. The number of carboxylic acid groups (broad SMARTS) is 1. The summed E-state index contributed by atoms with van der Waals surface area (Å²) < 4.78 is 0. The predicted molar refractivity (Wildman–Crippen MR) is 59.3 cm³/mol. The van der Waals surface area contributed by atoms with Gasteiger partial charge in [-0.05, 0) is 24.2 Å². The number of hydrogen-bond donors (Lipinski definition) is 1. The molecule has 0 radical (unpaired) electrons. The maximum absolute atomic E-state index is 11.5. The number of rotatable bonds is 3. The number of aliphatic carboxylic acids is 1. The van der Waals surface area contributed by atoms with Crippen molar-refractivity contribution in [3.8, 4) is 0 Å². The zero-order valence-electron chi connectivity index (χ0n) is 10.6. The molecule has 0 saturated carbocycles. The van der Waals surface area contributed by atoms with Gasteiger partial charge in [-0.25, -0.2) is 0 Å². The van der Waals surface area contributed by atoms with E-state index in [0.717, 1.165) is 6.42 Å². The van der Waals surface area contributed by atoms with E-state index in [0.29, 0.717) is 0 Å². The molecule has 84 valence electrons. The third kappa shape index (κ3) is 1.79. The van der Waals surface area contributed by atoms with Crippen molar-refractivity contribution >= 4 is 5.97 Å². The average molecular weight is 200 g/mol. The molecule has 0 aliphatic carbocycles. The summed E-state index contributed by atoms with van der Waals surface area (Å²) in [5.74, 6) is -0.697. The summed E-state index contributed by atoms with van der Waals surface area (Å²) >= 11 is 0. The second kappa shape index (κ2) is 3.56. The fraction of sp³-hybridized carbons (Fsp3) is 0.917. The van der Waals surface area contributed by atoms with E-state index in [1.807, 2.05) is 48.5 Å². The van der Waals surface area contributed by atoms with Crippen LogP contribution in [0.3, 0.4) is 0 Å². The van der Waals surface area contributed by atoms with Gasteiger partial charge in [0.15, 0.2) is 0 Å².